The highest BCUT2D eigenvalue weighted by Gasteiger charge is 2.29. The third kappa shape index (κ3) is 4.50. The first-order valence-electron chi connectivity index (χ1n) is 11.6. The zero-order valence-electron chi connectivity index (χ0n) is 20.1. The van der Waals surface area contributed by atoms with Gasteiger partial charge in [-0.05, 0) is 66.0 Å². The van der Waals surface area contributed by atoms with Crippen LogP contribution in [0.1, 0.15) is 59.5 Å². The van der Waals surface area contributed by atoms with Crippen molar-refractivity contribution in [3.05, 3.63) is 106 Å². The van der Waals surface area contributed by atoms with Crippen LogP contribution in [0.25, 0.3) is 6.08 Å². The van der Waals surface area contributed by atoms with Gasteiger partial charge in [-0.2, -0.15) is 0 Å². The molecular formula is C30H26O5. The highest BCUT2D eigenvalue weighted by molar-refractivity contribution is 6.12. The fourth-order valence-electron chi connectivity index (χ4n) is 4.08. The molecule has 0 bridgehead atoms. The van der Waals surface area contributed by atoms with E-state index in [1.165, 1.54) is 0 Å². The highest BCUT2D eigenvalue weighted by atomic mass is 16.5. The Kier molecular flexibility index (Phi) is 5.56. The number of hydrogen-bond donors (Lipinski definition) is 0. The molecule has 2 heterocycles. The SMILES string of the molecule is C[C@H]1Oc2ccccc2C=C1/C=C1\Oc2cc(OC(=O)c3ccc(C(C)(C)C)cc3)ccc2C1=O. The zero-order valence-corrected chi connectivity index (χ0v) is 20.1. The number of ketones is 1. The van der Waals surface area contributed by atoms with Crippen molar-refractivity contribution in [2.24, 2.45) is 0 Å². The summed E-state index contributed by atoms with van der Waals surface area (Å²) in [5.41, 5.74) is 3.80. The minimum atomic E-state index is -0.470. The van der Waals surface area contributed by atoms with Crippen molar-refractivity contribution < 1.29 is 23.8 Å². The van der Waals surface area contributed by atoms with Crippen LogP contribution in [0.15, 0.2) is 84.1 Å². The van der Waals surface area contributed by atoms with Gasteiger partial charge in [-0.1, -0.05) is 51.1 Å². The van der Waals surface area contributed by atoms with Gasteiger partial charge < -0.3 is 14.2 Å². The van der Waals surface area contributed by atoms with E-state index in [2.05, 4.69) is 20.8 Å². The molecule has 2 aliphatic heterocycles. The number of esters is 1. The van der Waals surface area contributed by atoms with Crippen LogP contribution in [0.5, 0.6) is 17.2 Å². The number of fused-ring (bicyclic) bond motifs is 2. The Hall–Kier alpha value is -4.12. The lowest BCUT2D eigenvalue weighted by Crippen LogP contribution is -2.18. The third-order valence-electron chi connectivity index (χ3n) is 6.15. The number of para-hydroxylation sites is 1. The summed E-state index contributed by atoms with van der Waals surface area (Å²) in [6.07, 6.45) is 3.48. The van der Waals surface area contributed by atoms with E-state index in [0.29, 0.717) is 22.6 Å². The summed E-state index contributed by atoms with van der Waals surface area (Å²) < 4.78 is 17.4. The van der Waals surface area contributed by atoms with Crippen molar-refractivity contribution in [3.63, 3.8) is 0 Å². The summed E-state index contributed by atoms with van der Waals surface area (Å²) in [5, 5.41) is 0. The normalized spacial score (nSPS) is 17.7. The maximum Gasteiger partial charge on any atom is 0.343 e. The molecule has 0 spiro atoms. The summed E-state index contributed by atoms with van der Waals surface area (Å²) in [6, 6.07) is 19.9. The summed E-state index contributed by atoms with van der Waals surface area (Å²) in [5.74, 6) is 1.00. The van der Waals surface area contributed by atoms with E-state index in [4.69, 9.17) is 14.2 Å². The van der Waals surface area contributed by atoms with Gasteiger partial charge >= 0.3 is 5.97 Å². The predicted molar refractivity (Wildman–Crippen MR) is 134 cm³/mol. The largest absolute Gasteiger partial charge is 0.485 e. The number of hydrogen-bond acceptors (Lipinski definition) is 5. The standard InChI is InChI=1S/C30H26O5/c1-18-21(15-20-7-5-6-8-25(20)33-18)16-27-28(31)24-14-13-23(17-26(24)35-27)34-29(32)19-9-11-22(12-10-19)30(2,3)4/h5-18H,1-4H3/b27-16-/t18-/m1/s1. The van der Waals surface area contributed by atoms with E-state index in [-0.39, 0.29) is 23.1 Å². The van der Waals surface area contributed by atoms with Crippen molar-refractivity contribution in [1.82, 2.24) is 0 Å². The van der Waals surface area contributed by atoms with Gasteiger partial charge in [0.2, 0.25) is 5.78 Å². The molecule has 0 N–H and O–H groups in total. The minimum absolute atomic E-state index is 0.00149. The van der Waals surface area contributed by atoms with Crippen LogP contribution in [0, 0.1) is 0 Å². The minimum Gasteiger partial charge on any atom is -0.485 e. The van der Waals surface area contributed by atoms with Gasteiger partial charge in [0.1, 0.15) is 23.4 Å². The first-order valence-corrected chi connectivity index (χ1v) is 11.6. The number of carbonyl (C=O) groups excluding carboxylic acids is 2. The number of benzene rings is 3. The van der Waals surface area contributed by atoms with E-state index >= 15 is 0 Å². The Morgan fingerprint density at radius 1 is 0.971 bits per heavy atom. The van der Waals surface area contributed by atoms with Crippen LogP contribution in [0.4, 0.5) is 0 Å². The first-order chi connectivity index (χ1) is 16.7. The number of Topliss-reactive ketones (excluding diaryl/α,β-unsaturated/α-hetero) is 1. The molecule has 0 unspecified atom stereocenters. The number of allylic oxidation sites excluding steroid dienone is 1. The van der Waals surface area contributed by atoms with E-state index in [1.807, 2.05) is 49.4 Å². The van der Waals surface area contributed by atoms with Crippen molar-refractivity contribution in [2.45, 2.75) is 39.2 Å². The molecule has 0 amide bonds. The van der Waals surface area contributed by atoms with Gasteiger partial charge in [0.05, 0.1) is 11.1 Å². The lowest BCUT2D eigenvalue weighted by molar-refractivity contribution is 0.0734. The van der Waals surface area contributed by atoms with Crippen LogP contribution < -0.4 is 14.2 Å². The fourth-order valence-corrected chi connectivity index (χ4v) is 4.08. The molecule has 2 aliphatic rings. The van der Waals surface area contributed by atoms with Crippen LogP contribution in [0.2, 0.25) is 0 Å². The lowest BCUT2D eigenvalue weighted by atomic mass is 9.87. The molecule has 5 nitrogen and oxygen atoms in total. The van der Waals surface area contributed by atoms with E-state index in [1.54, 1.807) is 36.4 Å². The number of carbonyl (C=O) groups is 2. The Labute approximate surface area is 204 Å². The second kappa shape index (κ2) is 8.58. The van der Waals surface area contributed by atoms with Crippen molar-refractivity contribution >= 4 is 17.8 Å². The van der Waals surface area contributed by atoms with Crippen LogP contribution >= 0.6 is 0 Å². The smallest absolute Gasteiger partial charge is 0.343 e. The second-order valence-corrected chi connectivity index (χ2v) is 9.76. The van der Waals surface area contributed by atoms with Gasteiger partial charge in [0.25, 0.3) is 0 Å². The van der Waals surface area contributed by atoms with Gasteiger partial charge in [-0.15, -0.1) is 0 Å². The molecule has 0 fully saturated rings. The topological polar surface area (TPSA) is 61.8 Å². The van der Waals surface area contributed by atoms with Crippen LogP contribution in [0.3, 0.4) is 0 Å². The van der Waals surface area contributed by atoms with Gasteiger partial charge in [0.15, 0.2) is 5.76 Å². The maximum absolute atomic E-state index is 12.9. The van der Waals surface area contributed by atoms with E-state index in [9.17, 15) is 9.59 Å². The van der Waals surface area contributed by atoms with Gasteiger partial charge in [-0.3, -0.25) is 4.79 Å². The highest BCUT2D eigenvalue weighted by Crippen LogP contribution is 2.36. The molecule has 3 aromatic rings. The molecular weight excluding hydrogens is 440 g/mol. The predicted octanol–water partition coefficient (Wildman–Crippen LogP) is 6.53. The Bertz CT molecular complexity index is 1390. The average molecular weight is 467 g/mol. The van der Waals surface area contributed by atoms with Crippen molar-refractivity contribution in [3.8, 4) is 17.2 Å². The number of rotatable bonds is 3. The fraction of sp³-hybridized carbons (Fsp3) is 0.200. The molecule has 176 valence electrons. The first kappa shape index (κ1) is 22.7. The summed E-state index contributed by atoms with van der Waals surface area (Å²) >= 11 is 0. The van der Waals surface area contributed by atoms with E-state index in [0.717, 1.165) is 22.4 Å². The quantitative estimate of drug-likeness (QED) is 0.250. The molecule has 0 aliphatic carbocycles. The number of ether oxygens (including phenoxy) is 3. The molecule has 35 heavy (non-hydrogen) atoms. The Morgan fingerprint density at radius 2 is 1.71 bits per heavy atom. The Balaban J connectivity index is 1.34. The third-order valence-corrected chi connectivity index (χ3v) is 6.15. The molecule has 5 rings (SSSR count). The average Bonchev–Trinajstić information content (AvgIpc) is 3.13. The van der Waals surface area contributed by atoms with Crippen molar-refractivity contribution in [2.75, 3.05) is 0 Å². The monoisotopic (exact) mass is 466 g/mol. The second-order valence-electron chi connectivity index (χ2n) is 9.76. The van der Waals surface area contributed by atoms with Crippen LogP contribution in [-0.4, -0.2) is 17.9 Å². The van der Waals surface area contributed by atoms with E-state index < -0.39 is 5.97 Å². The summed E-state index contributed by atoms with van der Waals surface area (Å²) in [6.45, 7) is 8.28. The molecule has 0 radical (unpaired) electrons. The molecule has 3 aromatic carbocycles. The van der Waals surface area contributed by atoms with Gasteiger partial charge in [0, 0.05) is 11.6 Å². The Morgan fingerprint density at radius 3 is 2.46 bits per heavy atom. The van der Waals surface area contributed by atoms with Gasteiger partial charge in [-0.25, -0.2) is 4.79 Å². The summed E-state index contributed by atoms with van der Waals surface area (Å²) in [7, 11) is 0. The molecule has 5 heteroatoms. The lowest BCUT2D eigenvalue weighted by Gasteiger charge is -2.22. The summed E-state index contributed by atoms with van der Waals surface area (Å²) in [4.78, 5) is 25.6. The molecule has 1 atom stereocenters. The van der Waals surface area contributed by atoms with Crippen LogP contribution in [-0.2, 0) is 5.41 Å². The maximum atomic E-state index is 12.9. The zero-order chi connectivity index (χ0) is 24.7. The molecule has 0 saturated heterocycles. The molecule has 0 saturated carbocycles. The molecule has 0 aromatic heterocycles. The van der Waals surface area contributed by atoms with Crippen molar-refractivity contribution in [1.29, 1.82) is 0 Å².